The van der Waals surface area contributed by atoms with Crippen molar-refractivity contribution in [1.29, 1.82) is 0 Å². The Bertz CT molecular complexity index is 1110. The van der Waals surface area contributed by atoms with E-state index in [9.17, 15) is 14.7 Å². The van der Waals surface area contributed by atoms with Crippen LogP contribution in [0.15, 0.2) is 36.5 Å². The zero-order valence-corrected chi connectivity index (χ0v) is 15.9. The summed E-state index contributed by atoms with van der Waals surface area (Å²) in [6.07, 6.45) is 4.08. The monoisotopic (exact) mass is 391 g/mol. The molecule has 0 spiro atoms. The molecule has 2 aliphatic heterocycles. The SMILES string of the molecule is O=C(O)c1cc2cc(-c3cnc4c(c3)N(CC3CCOCC3)C(=O)C4)ccc2[nH]1. The topological polar surface area (TPSA) is 95.5 Å². The molecular formula is C22H21N3O4. The maximum atomic E-state index is 12.6. The number of amides is 1. The standard InChI is InChI=1S/C22H21N3O4/c26-21-10-18-20(25(21)12-13-3-5-29-6-4-13)9-16(11-23-18)14-1-2-17-15(7-14)8-19(24-17)22(27)28/h1-2,7-9,11,13,24H,3-6,10,12H2,(H,27,28). The summed E-state index contributed by atoms with van der Waals surface area (Å²) in [5.41, 5.74) is 4.50. The van der Waals surface area contributed by atoms with Crippen molar-refractivity contribution in [3.63, 3.8) is 0 Å². The predicted octanol–water partition coefficient (Wildman–Crippen LogP) is 3.24. The molecule has 4 heterocycles. The van der Waals surface area contributed by atoms with Crippen LogP contribution in [0.4, 0.5) is 5.69 Å². The minimum absolute atomic E-state index is 0.100. The van der Waals surface area contributed by atoms with Crippen molar-refractivity contribution >= 4 is 28.5 Å². The molecule has 0 atom stereocenters. The van der Waals surface area contributed by atoms with Crippen LogP contribution in [0.2, 0.25) is 0 Å². The van der Waals surface area contributed by atoms with Gasteiger partial charge in [-0.3, -0.25) is 9.78 Å². The second-order valence-electron chi connectivity index (χ2n) is 7.72. The molecule has 0 bridgehead atoms. The first-order valence-electron chi connectivity index (χ1n) is 9.82. The molecular weight excluding hydrogens is 370 g/mol. The molecule has 2 aromatic heterocycles. The van der Waals surface area contributed by atoms with Crippen LogP contribution in [0.3, 0.4) is 0 Å². The number of carbonyl (C=O) groups is 2. The maximum Gasteiger partial charge on any atom is 0.352 e. The van der Waals surface area contributed by atoms with Gasteiger partial charge in [0.25, 0.3) is 0 Å². The summed E-state index contributed by atoms with van der Waals surface area (Å²) >= 11 is 0. The van der Waals surface area contributed by atoms with Crippen molar-refractivity contribution in [3.8, 4) is 11.1 Å². The molecule has 0 radical (unpaired) electrons. The van der Waals surface area contributed by atoms with E-state index in [2.05, 4.69) is 9.97 Å². The smallest absolute Gasteiger partial charge is 0.352 e. The summed E-state index contributed by atoms with van der Waals surface area (Å²) in [5.74, 6) is -0.430. The molecule has 148 valence electrons. The van der Waals surface area contributed by atoms with E-state index < -0.39 is 5.97 Å². The average Bonchev–Trinajstić information content (AvgIpc) is 3.29. The van der Waals surface area contributed by atoms with Gasteiger partial charge in [0.05, 0.1) is 17.8 Å². The molecule has 7 nitrogen and oxygen atoms in total. The molecule has 1 saturated heterocycles. The van der Waals surface area contributed by atoms with E-state index in [0.29, 0.717) is 18.9 Å². The van der Waals surface area contributed by atoms with Crippen LogP contribution in [0.5, 0.6) is 0 Å². The van der Waals surface area contributed by atoms with E-state index in [1.54, 1.807) is 12.3 Å². The highest BCUT2D eigenvalue weighted by Gasteiger charge is 2.31. The van der Waals surface area contributed by atoms with E-state index in [-0.39, 0.29) is 11.6 Å². The fraction of sp³-hybridized carbons (Fsp3) is 0.318. The van der Waals surface area contributed by atoms with Crippen molar-refractivity contribution in [2.24, 2.45) is 5.92 Å². The Balaban J connectivity index is 1.47. The summed E-state index contributed by atoms with van der Waals surface area (Å²) in [7, 11) is 0. The molecule has 29 heavy (non-hydrogen) atoms. The van der Waals surface area contributed by atoms with E-state index in [4.69, 9.17) is 4.74 Å². The minimum atomic E-state index is -0.982. The highest BCUT2D eigenvalue weighted by Crippen LogP contribution is 2.34. The lowest BCUT2D eigenvalue weighted by Crippen LogP contribution is -2.34. The molecule has 0 aliphatic carbocycles. The number of carboxylic acid groups (broad SMARTS) is 1. The minimum Gasteiger partial charge on any atom is -0.477 e. The van der Waals surface area contributed by atoms with Gasteiger partial charge in [-0.1, -0.05) is 6.07 Å². The molecule has 7 heteroatoms. The van der Waals surface area contributed by atoms with Crippen LogP contribution in [0.25, 0.3) is 22.0 Å². The van der Waals surface area contributed by atoms with Crippen LogP contribution in [-0.4, -0.2) is 46.7 Å². The molecule has 1 fully saturated rings. The summed E-state index contributed by atoms with van der Waals surface area (Å²) in [6, 6.07) is 9.41. The number of carboxylic acids is 1. The van der Waals surface area contributed by atoms with Gasteiger partial charge in [0.2, 0.25) is 5.91 Å². The van der Waals surface area contributed by atoms with Crippen LogP contribution < -0.4 is 4.90 Å². The Hall–Kier alpha value is -3.19. The summed E-state index contributed by atoms with van der Waals surface area (Å²) in [5, 5.41) is 10.0. The molecule has 3 aromatic rings. The van der Waals surface area contributed by atoms with Gasteiger partial charge >= 0.3 is 5.97 Å². The first kappa shape index (κ1) is 17.9. The zero-order valence-electron chi connectivity index (χ0n) is 15.9. The average molecular weight is 391 g/mol. The quantitative estimate of drug-likeness (QED) is 0.712. The lowest BCUT2D eigenvalue weighted by Gasteiger charge is -2.27. The summed E-state index contributed by atoms with van der Waals surface area (Å²) < 4.78 is 5.43. The Labute approximate surface area is 167 Å². The Morgan fingerprint density at radius 2 is 2.03 bits per heavy atom. The predicted molar refractivity (Wildman–Crippen MR) is 108 cm³/mol. The Morgan fingerprint density at radius 1 is 1.21 bits per heavy atom. The number of hydrogen-bond donors (Lipinski definition) is 2. The molecule has 2 aliphatic rings. The van der Waals surface area contributed by atoms with Crippen LogP contribution in [-0.2, 0) is 16.0 Å². The number of aromatic carboxylic acids is 1. The van der Waals surface area contributed by atoms with E-state index in [0.717, 1.165) is 59.5 Å². The van der Waals surface area contributed by atoms with Gasteiger partial charge in [-0.05, 0) is 48.6 Å². The van der Waals surface area contributed by atoms with Crippen molar-refractivity contribution in [2.45, 2.75) is 19.3 Å². The molecule has 1 amide bonds. The van der Waals surface area contributed by atoms with Gasteiger partial charge in [-0.2, -0.15) is 0 Å². The second-order valence-corrected chi connectivity index (χ2v) is 7.72. The summed E-state index contributed by atoms with van der Waals surface area (Å²) in [6.45, 7) is 2.22. The van der Waals surface area contributed by atoms with Gasteiger partial charge in [0.15, 0.2) is 0 Å². The van der Waals surface area contributed by atoms with Gasteiger partial charge in [-0.15, -0.1) is 0 Å². The lowest BCUT2D eigenvalue weighted by atomic mass is 9.99. The van der Waals surface area contributed by atoms with Gasteiger partial charge in [0.1, 0.15) is 5.69 Å². The number of fused-ring (bicyclic) bond motifs is 2. The normalized spacial score (nSPS) is 17.1. The third-order valence-corrected chi connectivity index (χ3v) is 5.82. The molecule has 0 saturated carbocycles. The second kappa shape index (κ2) is 7.00. The number of ether oxygens (including phenoxy) is 1. The number of benzene rings is 1. The van der Waals surface area contributed by atoms with Crippen LogP contribution in [0.1, 0.15) is 29.0 Å². The van der Waals surface area contributed by atoms with Gasteiger partial charge < -0.3 is 19.7 Å². The van der Waals surface area contributed by atoms with Crippen LogP contribution >= 0.6 is 0 Å². The van der Waals surface area contributed by atoms with Gasteiger partial charge in [-0.25, -0.2) is 4.79 Å². The first-order valence-corrected chi connectivity index (χ1v) is 9.82. The number of nitrogens with zero attached hydrogens (tertiary/aromatic N) is 2. The lowest BCUT2D eigenvalue weighted by molar-refractivity contribution is -0.117. The molecule has 2 N–H and O–H groups in total. The van der Waals surface area contributed by atoms with Crippen molar-refractivity contribution in [3.05, 3.63) is 47.9 Å². The Morgan fingerprint density at radius 3 is 2.83 bits per heavy atom. The number of aromatic nitrogens is 2. The number of hydrogen-bond acceptors (Lipinski definition) is 4. The number of carbonyl (C=O) groups excluding carboxylic acids is 1. The van der Waals surface area contributed by atoms with Crippen molar-refractivity contribution in [1.82, 2.24) is 9.97 Å². The molecule has 1 aromatic carbocycles. The number of aromatic amines is 1. The summed E-state index contributed by atoms with van der Waals surface area (Å²) in [4.78, 5) is 33.1. The third-order valence-electron chi connectivity index (χ3n) is 5.82. The van der Waals surface area contributed by atoms with E-state index in [1.165, 1.54) is 0 Å². The Kier molecular flexibility index (Phi) is 4.32. The van der Waals surface area contributed by atoms with E-state index >= 15 is 0 Å². The molecule has 0 unspecified atom stereocenters. The largest absolute Gasteiger partial charge is 0.477 e. The third kappa shape index (κ3) is 3.27. The van der Waals surface area contributed by atoms with E-state index in [1.807, 2.05) is 29.2 Å². The zero-order chi connectivity index (χ0) is 20.0. The number of nitrogens with one attached hydrogen (secondary N) is 1. The van der Waals surface area contributed by atoms with Crippen molar-refractivity contribution in [2.75, 3.05) is 24.7 Å². The molecule has 5 rings (SSSR count). The van der Waals surface area contributed by atoms with Crippen LogP contribution in [0, 0.1) is 5.92 Å². The highest BCUT2D eigenvalue weighted by molar-refractivity contribution is 6.01. The number of rotatable bonds is 4. The van der Waals surface area contributed by atoms with Crippen molar-refractivity contribution < 1.29 is 19.4 Å². The fourth-order valence-electron chi connectivity index (χ4n) is 4.20. The number of anilines is 1. The first-order chi connectivity index (χ1) is 14.1. The highest BCUT2D eigenvalue weighted by atomic mass is 16.5. The fourth-order valence-corrected chi connectivity index (χ4v) is 4.20. The number of H-pyrrole nitrogens is 1. The van der Waals surface area contributed by atoms with Gasteiger partial charge in [0, 0.05) is 42.4 Å². The maximum absolute atomic E-state index is 12.6. The number of pyridine rings is 1.